The van der Waals surface area contributed by atoms with Crippen molar-refractivity contribution in [2.75, 3.05) is 19.8 Å². The first kappa shape index (κ1) is 12.5. The van der Waals surface area contributed by atoms with E-state index in [4.69, 9.17) is 10.5 Å². The van der Waals surface area contributed by atoms with E-state index in [1.165, 1.54) is 0 Å². The minimum absolute atomic E-state index is 0.0306. The quantitative estimate of drug-likeness (QED) is 0.706. The highest BCUT2D eigenvalue weighted by molar-refractivity contribution is 5.79. The summed E-state index contributed by atoms with van der Waals surface area (Å²) < 4.78 is 5.31. The van der Waals surface area contributed by atoms with Crippen molar-refractivity contribution in [3.05, 3.63) is 0 Å². The molecule has 1 aliphatic rings. The highest BCUT2D eigenvalue weighted by atomic mass is 16.5. The average Bonchev–Trinajstić information content (AvgIpc) is 2.27. The highest BCUT2D eigenvalue weighted by Gasteiger charge is 2.21. The molecule has 1 aliphatic heterocycles. The fourth-order valence-corrected chi connectivity index (χ4v) is 1.88. The first-order valence-electron chi connectivity index (χ1n) is 5.86. The lowest BCUT2D eigenvalue weighted by molar-refractivity contribution is -0.126. The molecule has 1 fully saturated rings. The summed E-state index contributed by atoms with van der Waals surface area (Å²) in [5, 5.41) is 3.01. The molecule has 0 aromatic carbocycles. The number of hydrogen-bond donors (Lipinski definition) is 2. The molecule has 2 atom stereocenters. The predicted octanol–water partition coefficient (Wildman–Crippen LogP) is 0.657. The number of nitrogens with two attached hydrogens (primary N) is 1. The van der Waals surface area contributed by atoms with Gasteiger partial charge in [-0.15, -0.1) is 0 Å². The molecule has 0 aromatic heterocycles. The third-order valence-electron chi connectivity index (χ3n) is 2.80. The van der Waals surface area contributed by atoms with E-state index < -0.39 is 0 Å². The molecule has 1 saturated heterocycles. The summed E-state index contributed by atoms with van der Waals surface area (Å²) in [5.41, 5.74) is 5.57. The third kappa shape index (κ3) is 4.18. The smallest absolute Gasteiger partial charge is 0.224 e. The number of carbonyl (C=O) groups excluding carboxylic acids is 1. The summed E-state index contributed by atoms with van der Waals surface area (Å²) in [5.74, 6) is 0.0618. The summed E-state index contributed by atoms with van der Waals surface area (Å²) >= 11 is 0. The fraction of sp³-hybridized carbons (Fsp3) is 0.909. The van der Waals surface area contributed by atoms with Gasteiger partial charge in [0.25, 0.3) is 0 Å². The van der Waals surface area contributed by atoms with Gasteiger partial charge in [0.1, 0.15) is 0 Å². The zero-order chi connectivity index (χ0) is 11.1. The fourth-order valence-electron chi connectivity index (χ4n) is 1.88. The maximum absolute atomic E-state index is 11.8. The van der Waals surface area contributed by atoms with Gasteiger partial charge in [-0.25, -0.2) is 0 Å². The van der Waals surface area contributed by atoms with Gasteiger partial charge in [0.15, 0.2) is 0 Å². The molecule has 0 radical (unpaired) electrons. The third-order valence-corrected chi connectivity index (χ3v) is 2.80. The van der Waals surface area contributed by atoms with Gasteiger partial charge < -0.3 is 15.8 Å². The molecule has 0 saturated carbocycles. The summed E-state index contributed by atoms with van der Waals surface area (Å²) in [7, 11) is 0. The molecule has 4 heteroatoms. The molecule has 0 aromatic rings. The van der Waals surface area contributed by atoms with E-state index in [1.54, 1.807) is 0 Å². The summed E-state index contributed by atoms with van der Waals surface area (Å²) in [4.78, 5) is 11.8. The normalized spacial score (nSPS) is 23.5. The van der Waals surface area contributed by atoms with Gasteiger partial charge in [-0.1, -0.05) is 13.3 Å². The average molecular weight is 214 g/mol. The Morgan fingerprint density at radius 2 is 2.47 bits per heavy atom. The number of rotatable bonds is 5. The number of nitrogens with one attached hydrogen (secondary N) is 1. The van der Waals surface area contributed by atoms with Crippen molar-refractivity contribution in [2.24, 2.45) is 11.7 Å². The van der Waals surface area contributed by atoms with Crippen LogP contribution in [0, 0.1) is 5.92 Å². The van der Waals surface area contributed by atoms with E-state index in [0.29, 0.717) is 13.2 Å². The summed E-state index contributed by atoms with van der Waals surface area (Å²) in [6.45, 7) is 3.98. The molecule has 0 aliphatic carbocycles. The van der Waals surface area contributed by atoms with Crippen molar-refractivity contribution in [3.8, 4) is 0 Å². The second kappa shape index (κ2) is 6.80. The number of amides is 1. The lowest BCUT2D eigenvalue weighted by atomic mass is 10.0. The Kier molecular flexibility index (Phi) is 5.65. The summed E-state index contributed by atoms with van der Waals surface area (Å²) in [6, 6.07) is 0.192. The van der Waals surface area contributed by atoms with Crippen molar-refractivity contribution >= 4 is 5.91 Å². The molecule has 1 amide bonds. The van der Waals surface area contributed by atoms with Crippen LogP contribution in [0.25, 0.3) is 0 Å². The molecular formula is C11H22N2O2. The van der Waals surface area contributed by atoms with Crippen molar-refractivity contribution in [3.63, 3.8) is 0 Å². The van der Waals surface area contributed by atoms with E-state index in [2.05, 4.69) is 12.2 Å². The van der Waals surface area contributed by atoms with Crippen LogP contribution in [0.2, 0.25) is 0 Å². The maximum Gasteiger partial charge on any atom is 0.224 e. The van der Waals surface area contributed by atoms with Gasteiger partial charge in [0.2, 0.25) is 5.91 Å². The summed E-state index contributed by atoms with van der Waals surface area (Å²) in [6.07, 6.45) is 3.92. The van der Waals surface area contributed by atoms with Gasteiger partial charge in [0.05, 0.1) is 18.6 Å². The van der Waals surface area contributed by atoms with E-state index in [9.17, 15) is 4.79 Å². The van der Waals surface area contributed by atoms with Crippen LogP contribution in [-0.2, 0) is 9.53 Å². The molecule has 0 bridgehead atoms. The first-order chi connectivity index (χ1) is 7.27. The molecule has 3 N–H and O–H groups in total. The van der Waals surface area contributed by atoms with Crippen molar-refractivity contribution < 1.29 is 9.53 Å². The van der Waals surface area contributed by atoms with E-state index in [0.717, 1.165) is 32.3 Å². The second-order valence-electron chi connectivity index (χ2n) is 4.14. The first-order valence-corrected chi connectivity index (χ1v) is 5.86. The Labute approximate surface area is 91.5 Å². The van der Waals surface area contributed by atoms with Gasteiger partial charge >= 0.3 is 0 Å². The molecule has 4 nitrogen and oxygen atoms in total. The van der Waals surface area contributed by atoms with Crippen molar-refractivity contribution in [1.29, 1.82) is 0 Å². The Bertz CT molecular complexity index is 191. The molecular weight excluding hydrogens is 192 g/mol. The van der Waals surface area contributed by atoms with E-state index in [-0.39, 0.29) is 17.9 Å². The largest absolute Gasteiger partial charge is 0.379 e. The second-order valence-corrected chi connectivity index (χ2v) is 4.14. The zero-order valence-electron chi connectivity index (χ0n) is 9.50. The van der Waals surface area contributed by atoms with Crippen LogP contribution < -0.4 is 11.1 Å². The predicted molar refractivity (Wildman–Crippen MR) is 59.4 cm³/mol. The van der Waals surface area contributed by atoms with Crippen LogP contribution in [-0.4, -0.2) is 31.7 Å². The van der Waals surface area contributed by atoms with Crippen LogP contribution in [0.15, 0.2) is 0 Å². The standard InChI is InChI=1S/C11H22N2O2/c1-2-4-9(7-12)11(14)13-10-5-3-6-15-8-10/h9-10H,2-8,12H2,1H3,(H,13,14). The van der Waals surface area contributed by atoms with Crippen molar-refractivity contribution in [1.82, 2.24) is 5.32 Å². The Balaban J connectivity index is 2.31. The van der Waals surface area contributed by atoms with Crippen molar-refractivity contribution in [2.45, 2.75) is 38.6 Å². The zero-order valence-corrected chi connectivity index (χ0v) is 9.50. The van der Waals surface area contributed by atoms with Gasteiger partial charge in [0, 0.05) is 13.2 Å². The number of hydrogen-bond acceptors (Lipinski definition) is 3. The lowest BCUT2D eigenvalue weighted by Crippen LogP contribution is -2.44. The SMILES string of the molecule is CCCC(CN)C(=O)NC1CCCOC1. The topological polar surface area (TPSA) is 64.4 Å². The van der Waals surface area contributed by atoms with Gasteiger partial charge in [-0.05, 0) is 19.3 Å². The van der Waals surface area contributed by atoms with Crippen LogP contribution >= 0.6 is 0 Å². The van der Waals surface area contributed by atoms with Gasteiger partial charge in [-0.2, -0.15) is 0 Å². The molecule has 15 heavy (non-hydrogen) atoms. The van der Waals surface area contributed by atoms with Gasteiger partial charge in [-0.3, -0.25) is 4.79 Å². The molecule has 2 unspecified atom stereocenters. The Morgan fingerprint density at radius 3 is 3.00 bits per heavy atom. The van der Waals surface area contributed by atoms with E-state index in [1.807, 2.05) is 0 Å². The maximum atomic E-state index is 11.8. The van der Waals surface area contributed by atoms with E-state index >= 15 is 0 Å². The molecule has 0 spiro atoms. The minimum atomic E-state index is -0.0306. The number of ether oxygens (including phenoxy) is 1. The Morgan fingerprint density at radius 1 is 1.67 bits per heavy atom. The molecule has 88 valence electrons. The molecule has 1 heterocycles. The minimum Gasteiger partial charge on any atom is -0.379 e. The van der Waals surface area contributed by atoms with Crippen LogP contribution in [0.4, 0.5) is 0 Å². The number of carbonyl (C=O) groups is 1. The van der Waals surface area contributed by atoms with Crippen LogP contribution in [0.3, 0.4) is 0 Å². The van der Waals surface area contributed by atoms with Crippen LogP contribution in [0.1, 0.15) is 32.6 Å². The van der Waals surface area contributed by atoms with Crippen LogP contribution in [0.5, 0.6) is 0 Å². The lowest BCUT2D eigenvalue weighted by Gasteiger charge is -2.25. The monoisotopic (exact) mass is 214 g/mol. The molecule has 1 rings (SSSR count). The Hall–Kier alpha value is -0.610. The highest BCUT2D eigenvalue weighted by Crippen LogP contribution is 2.09.